The molecule has 1 aromatic rings. The van der Waals surface area contributed by atoms with Crippen LogP contribution in [0.4, 0.5) is 5.69 Å². The molecule has 0 bridgehead atoms. The minimum atomic E-state index is -0.118. The molecule has 0 radical (unpaired) electrons. The second-order valence-corrected chi connectivity index (χ2v) is 4.89. The van der Waals surface area contributed by atoms with E-state index >= 15 is 0 Å². The second-order valence-electron chi connectivity index (χ2n) is 4.89. The van der Waals surface area contributed by atoms with Crippen LogP contribution in [-0.2, 0) is 4.79 Å². The average Bonchev–Trinajstić information content (AvgIpc) is 2.47. The highest BCUT2D eigenvalue weighted by Gasteiger charge is 2.26. The van der Waals surface area contributed by atoms with Crippen molar-refractivity contribution in [3.8, 4) is 0 Å². The van der Waals surface area contributed by atoms with E-state index in [1.807, 2.05) is 0 Å². The Morgan fingerprint density at radius 1 is 1.45 bits per heavy atom. The number of amides is 2. The second kappa shape index (κ2) is 6.36. The van der Waals surface area contributed by atoms with E-state index in [-0.39, 0.29) is 18.4 Å². The fraction of sp³-hybridized carbons (Fsp3) is 0.500. The molecule has 2 heterocycles. The summed E-state index contributed by atoms with van der Waals surface area (Å²) in [5.41, 5.74) is 1.30. The van der Waals surface area contributed by atoms with Gasteiger partial charge in [-0.2, -0.15) is 0 Å². The van der Waals surface area contributed by atoms with E-state index in [0.29, 0.717) is 18.7 Å². The van der Waals surface area contributed by atoms with Gasteiger partial charge in [0.15, 0.2) is 0 Å². The highest BCUT2D eigenvalue weighted by atomic mass is 16.2. The van der Waals surface area contributed by atoms with Crippen molar-refractivity contribution in [3.63, 3.8) is 0 Å². The summed E-state index contributed by atoms with van der Waals surface area (Å²) in [4.78, 5) is 31.5. The molecular formula is C14H20N4O2. The van der Waals surface area contributed by atoms with E-state index in [0.717, 1.165) is 18.7 Å². The molecule has 1 N–H and O–H groups in total. The van der Waals surface area contributed by atoms with Crippen LogP contribution in [0.3, 0.4) is 0 Å². The first-order valence-electron chi connectivity index (χ1n) is 6.84. The summed E-state index contributed by atoms with van der Waals surface area (Å²) in [7, 11) is 1.75. The number of carbonyl (C=O) groups is 2. The maximum absolute atomic E-state index is 12.5. The van der Waals surface area contributed by atoms with Crippen molar-refractivity contribution >= 4 is 17.5 Å². The molecule has 1 fully saturated rings. The first-order valence-corrected chi connectivity index (χ1v) is 6.84. The van der Waals surface area contributed by atoms with E-state index in [9.17, 15) is 9.59 Å². The summed E-state index contributed by atoms with van der Waals surface area (Å²) < 4.78 is 0. The van der Waals surface area contributed by atoms with Gasteiger partial charge < -0.3 is 15.1 Å². The molecule has 2 rings (SSSR count). The Bertz CT molecular complexity index is 504. The molecule has 0 atom stereocenters. The number of aromatic nitrogens is 1. The van der Waals surface area contributed by atoms with Gasteiger partial charge in [-0.15, -0.1) is 0 Å². The molecular weight excluding hydrogens is 256 g/mol. The Balaban J connectivity index is 2.14. The quantitative estimate of drug-likeness (QED) is 0.884. The summed E-state index contributed by atoms with van der Waals surface area (Å²) in [5.74, 6) is -0.144. The molecule has 1 saturated heterocycles. The SMILES string of the molecule is CCCNc1cnccc1C(=O)N1CCN(C)C(=O)C1. The topological polar surface area (TPSA) is 65.5 Å². The molecule has 6 nitrogen and oxygen atoms in total. The van der Waals surface area contributed by atoms with Crippen LogP contribution in [0.15, 0.2) is 18.5 Å². The van der Waals surface area contributed by atoms with E-state index in [4.69, 9.17) is 0 Å². The minimum absolute atomic E-state index is 0.0262. The molecule has 2 amide bonds. The predicted molar refractivity (Wildman–Crippen MR) is 76.6 cm³/mol. The number of rotatable bonds is 4. The third-order valence-corrected chi connectivity index (χ3v) is 3.36. The van der Waals surface area contributed by atoms with Crippen molar-refractivity contribution < 1.29 is 9.59 Å². The summed E-state index contributed by atoms with van der Waals surface area (Å²) in [6.45, 7) is 4.13. The molecule has 1 aliphatic rings. The van der Waals surface area contributed by atoms with Gasteiger partial charge in [0.1, 0.15) is 6.54 Å². The summed E-state index contributed by atoms with van der Waals surface area (Å²) in [6.07, 6.45) is 4.22. The minimum Gasteiger partial charge on any atom is -0.383 e. The normalized spacial score (nSPS) is 15.4. The van der Waals surface area contributed by atoms with Crippen LogP contribution in [0, 0.1) is 0 Å². The lowest BCUT2D eigenvalue weighted by molar-refractivity contribution is -0.133. The Labute approximate surface area is 118 Å². The lowest BCUT2D eigenvalue weighted by Crippen LogP contribution is -2.50. The maximum Gasteiger partial charge on any atom is 0.256 e. The lowest BCUT2D eigenvalue weighted by Gasteiger charge is -2.32. The molecule has 20 heavy (non-hydrogen) atoms. The van der Waals surface area contributed by atoms with Gasteiger partial charge in [0.25, 0.3) is 5.91 Å². The van der Waals surface area contributed by atoms with E-state index < -0.39 is 0 Å². The van der Waals surface area contributed by atoms with Gasteiger partial charge in [-0.05, 0) is 12.5 Å². The Kier molecular flexibility index (Phi) is 4.55. The Hall–Kier alpha value is -2.11. The number of nitrogens with zero attached hydrogens (tertiary/aromatic N) is 3. The van der Waals surface area contributed by atoms with Crippen LogP contribution in [0.25, 0.3) is 0 Å². The van der Waals surface area contributed by atoms with Gasteiger partial charge in [0.2, 0.25) is 5.91 Å². The average molecular weight is 276 g/mol. The highest BCUT2D eigenvalue weighted by Crippen LogP contribution is 2.17. The maximum atomic E-state index is 12.5. The fourth-order valence-electron chi connectivity index (χ4n) is 2.08. The van der Waals surface area contributed by atoms with E-state index in [1.54, 1.807) is 35.3 Å². The fourth-order valence-corrected chi connectivity index (χ4v) is 2.08. The van der Waals surface area contributed by atoms with Gasteiger partial charge in [-0.25, -0.2) is 0 Å². The van der Waals surface area contributed by atoms with Crippen LogP contribution in [0.5, 0.6) is 0 Å². The van der Waals surface area contributed by atoms with E-state index in [1.165, 1.54) is 0 Å². The van der Waals surface area contributed by atoms with Crippen molar-refractivity contribution in [2.45, 2.75) is 13.3 Å². The number of pyridine rings is 1. The molecule has 0 aromatic carbocycles. The van der Waals surface area contributed by atoms with Gasteiger partial charge in [0, 0.05) is 32.9 Å². The summed E-state index contributed by atoms with van der Waals surface area (Å²) in [6, 6.07) is 1.70. The molecule has 0 spiro atoms. The monoisotopic (exact) mass is 276 g/mol. The standard InChI is InChI=1S/C14H20N4O2/c1-3-5-16-12-9-15-6-4-11(12)14(20)18-8-7-17(2)13(19)10-18/h4,6,9,16H,3,5,7-8,10H2,1-2H3. The summed E-state index contributed by atoms with van der Waals surface area (Å²) >= 11 is 0. The molecule has 0 aliphatic carbocycles. The van der Waals surface area contributed by atoms with Gasteiger partial charge in [-0.3, -0.25) is 14.6 Å². The van der Waals surface area contributed by atoms with Crippen LogP contribution in [0.2, 0.25) is 0 Å². The molecule has 108 valence electrons. The number of anilines is 1. The van der Waals surface area contributed by atoms with Gasteiger partial charge >= 0.3 is 0 Å². The zero-order chi connectivity index (χ0) is 14.5. The summed E-state index contributed by atoms with van der Waals surface area (Å²) in [5, 5.41) is 3.20. The van der Waals surface area contributed by atoms with Gasteiger partial charge in [-0.1, -0.05) is 6.92 Å². The molecule has 0 unspecified atom stereocenters. The zero-order valence-corrected chi connectivity index (χ0v) is 11.9. The predicted octanol–water partition coefficient (Wildman–Crippen LogP) is 0.818. The largest absolute Gasteiger partial charge is 0.383 e. The van der Waals surface area contributed by atoms with Crippen LogP contribution in [0.1, 0.15) is 23.7 Å². The first-order chi connectivity index (χ1) is 9.63. The first kappa shape index (κ1) is 14.3. The van der Waals surface area contributed by atoms with Gasteiger partial charge in [0.05, 0.1) is 17.4 Å². The molecule has 6 heteroatoms. The number of piperazine rings is 1. The van der Waals surface area contributed by atoms with Crippen molar-refractivity contribution in [1.82, 2.24) is 14.8 Å². The third kappa shape index (κ3) is 3.07. The van der Waals surface area contributed by atoms with Crippen molar-refractivity contribution in [3.05, 3.63) is 24.0 Å². The Morgan fingerprint density at radius 2 is 2.25 bits per heavy atom. The van der Waals surface area contributed by atoms with Crippen molar-refractivity contribution in [2.24, 2.45) is 0 Å². The lowest BCUT2D eigenvalue weighted by atomic mass is 10.1. The third-order valence-electron chi connectivity index (χ3n) is 3.36. The molecule has 0 saturated carbocycles. The van der Waals surface area contributed by atoms with Crippen LogP contribution in [-0.4, -0.2) is 59.8 Å². The van der Waals surface area contributed by atoms with E-state index in [2.05, 4.69) is 17.2 Å². The zero-order valence-electron chi connectivity index (χ0n) is 11.9. The highest BCUT2D eigenvalue weighted by molar-refractivity contribution is 6.01. The number of carbonyl (C=O) groups excluding carboxylic acids is 2. The smallest absolute Gasteiger partial charge is 0.256 e. The number of hydrogen-bond acceptors (Lipinski definition) is 4. The molecule has 1 aromatic heterocycles. The van der Waals surface area contributed by atoms with Crippen LogP contribution >= 0.6 is 0 Å². The van der Waals surface area contributed by atoms with Crippen molar-refractivity contribution in [1.29, 1.82) is 0 Å². The van der Waals surface area contributed by atoms with Crippen molar-refractivity contribution in [2.75, 3.05) is 38.5 Å². The van der Waals surface area contributed by atoms with Crippen LogP contribution < -0.4 is 5.32 Å². The number of nitrogens with one attached hydrogen (secondary N) is 1. The number of likely N-dealkylation sites (N-methyl/N-ethyl adjacent to an activating group) is 1. The molecule has 1 aliphatic heterocycles. The Morgan fingerprint density at radius 3 is 2.95 bits per heavy atom. The number of hydrogen-bond donors (Lipinski definition) is 1.